The highest BCUT2D eigenvalue weighted by atomic mass is 35.5. The third-order valence-electron chi connectivity index (χ3n) is 6.98. The van der Waals surface area contributed by atoms with Gasteiger partial charge in [-0.1, -0.05) is 32.4 Å². The average Bonchev–Trinajstić information content (AvgIpc) is 3.52. The Morgan fingerprint density at radius 1 is 1.18 bits per heavy atom. The van der Waals surface area contributed by atoms with E-state index in [2.05, 4.69) is 71.8 Å². The van der Waals surface area contributed by atoms with Crippen LogP contribution in [0, 0.1) is 12.7 Å². The van der Waals surface area contributed by atoms with Crippen LogP contribution in [0.15, 0.2) is 30.5 Å². The van der Waals surface area contributed by atoms with Crippen LogP contribution in [-0.2, 0) is 5.41 Å². The van der Waals surface area contributed by atoms with E-state index in [9.17, 15) is 14.0 Å². The maximum absolute atomic E-state index is 13.4. The van der Waals surface area contributed by atoms with Crippen LogP contribution in [0.1, 0.15) is 67.1 Å². The third-order valence-corrected chi connectivity index (χ3v) is 7.27. The third kappa shape index (κ3) is 6.20. The molecule has 0 bridgehead atoms. The number of aldehydes is 1. The summed E-state index contributed by atoms with van der Waals surface area (Å²) in [7, 11) is 2.08. The molecule has 4 heterocycles. The molecule has 1 amide bonds. The van der Waals surface area contributed by atoms with Gasteiger partial charge in [-0.2, -0.15) is 5.10 Å². The molecule has 0 spiro atoms. The van der Waals surface area contributed by atoms with E-state index < -0.39 is 5.82 Å². The second-order valence-corrected chi connectivity index (χ2v) is 12.0. The van der Waals surface area contributed by atoms with Gasteiger partial charge in [-0.3, -0.25) is 19.6 Å². The van der Waals surface area contributed by atoms with E-state index in [1.54, 1.807) is 23.7 Å². The standard InChI is InChI=1S/C17H15ClFN3O.C11H19N5O/c1-17(2,3)12-7-15(10-4-5-14(19)13(18)6-10)21-22-8-11(9-23)20-16(12)22;1-8-12-9(14-13-8)10(17)16-6-5-15(4)11(2,3)7-16/h4-9H,1-3H3;5-7H2,1-4H3,(H,12,13,14). The molecule has 1 saturated heterocycles. The van der Waals surface area contributed by atoms with Crippen molar-refractivity contribution in [2.24, 2.45) is 0 Å². The van der Waals surface area contributed by atoms with Crippen molar-refractivity contribution in [3.8, 4) is 11.3 Å². The SMILES string of the molecule is CC(C)(C)c1cc(-c2ccc(F)c(Cl)c2)nn2cc(C=O)nc12.Cc1nc(C(=O)N2CCN(C)C(C)(C)C2)n[nH]1. The first-order chi connectivity index (χ1) is 18.7. The molecule has 1 N–H and O–H groups in total. The normalized spacial score (nSPS) is 15.6. The van der Waals surface area contributed by atoms with Crippen LogP contribution in [0.4, 0.5) is 4.39 Å². The van der Waals surface area contributed by atoms with Gasteiger partial charge in [-0.15, -0.1) is 5.10 Å². The average molecular weight is 569 g/mol. The van der Waals surface area contributed by atoms with Gasteiger partial charge in [0.1, 0.15) is 17.3 Å². The maximum Gasteiger partial charge on any atom is 0.293 e. The topological polar surface area (TPSA) is 112 Å². The van der Waals surface area contributed by atoms with E-state index in [0.717, 1.165) is 18.7 Å². The summed E-state index contributed by atoms with van der Waals surface area (Å²) in [5.74, 6) is 0.374. The van der Waals surface area contributed by atoms with Crippen LogP contribution in [-0.4, -0.2) is 84.0 Å². The minimum atomic E-state index is -0.474. The molecule has 0 aliphatic carbocycles. The van der Waals surface area contributed by atoms with E-state index >= 15 is 0 Å². The molecule has 1 fully saturated rings. The second-order valence-electron chi connectivity index (χ2n) is 11.6. The number of amides is 1. The molecule has 0 atom stereocenters. The minimum Gasteiger partial charge on any atom is -0.333 e. The van der Waals surface area contributed by atoms with Crippen molar-refractivity contribution in [1.82, 2.24) is 39.6 Å². The predicted octanol–water partition coefficient (Wildman–Crippen LogP) is 4.58. The van der Waals surface area contributed by atoms with Gasteiger partial charge >= 0.3 is 0 Å². The predicted molar refractivity (Wildman–Crippen MR) is 151 cm³/mol. The fraction of sp³-hybridized carbons (Fsp3) is 0.429. The lowest BCUT2D eigenvalue weighted by molar-refractivity contribution is 0.0303. The van der Waals surface area contributed by atoms with Gasteiger partial charge in [-0.05, 0) is 57.5 Å². The fourth-order valence-corrected chi connectivity index (χ4v) is 4.57. The number of aryl methyl sites for hydroxylation is 1. The summed E-state index contributed by atoms with van der Waals surface area (Å²) in [5.41, 5.74) is 3.03. The van der Waals surface area contributed by atoms with Gasteiger partial charge in [0, 0.05) is 36.3 Å². The zero-order chi connectivity index (χ0) is 29.4. The van der Waals surface area contributed by atoms with Gasteiger partial charge in [0.25, 0.3) is 5.91 Å². The van der Waals surface area contributed by atoms with Crippen LogP contribution < -0.4 is 0 Å². The first-order valence-corrected chi connectivity index (χ1v) is 13.3. The van der Waals surface area contributed by atoms with Crippen LogP contribution in [0.25, 0.3) is 16.9 Å². The molecule has 3 aromatic heterocycles. The number of rotatable bonds is 3. The number of nitrogens with zero attached hydrogens (tertiary/aromatic N) is 7. The van der Waals surface area contributed by atoms with Gasteiger partial charge in [0.15, 0.2) is 11.9 Å². The van der Waals surface area contributed by atoms with Crippen molar-refractivity contribution in [2.75, 3.05) is 26.7 Å². The van der Waals surface area contributed by atoms with Crippen molar-refractivity contribution >= 4 is 29.4 Å². The summed E-state index contributed by atoms with van der Waals surface area (Å²) in [4.78, 5) is 35.7. The number of hydrogen-bond acceptors (Lipinski definition) is 7. The Hall–Kier alpha value is -3.70. The smallest absolute Gasteiger partial charge is 0.293 e. The van der Waals surface area contributed by atoms with E-state index in [1.165, 1.54) is 12.1 Å². The van der Waals surface area contributed by atoms with Crippen molar-refractivity contribution in [2.45, 2.75) is 52.5 Å². The molecule has 0 radical (unpaired) electrons. The number of fused-ring (bicyclic) bond motifs is 1. The lowest BCUT2D eigenvalue weighted by atomic mass is 9.87. The maximum atomic E-state index is 13.4. The fourth-order valence-electron chi connectivity index (χ4n) is 4.39. The number of halogens is 2. The molecule has 10 nitrogen and oxygen atoms in total. The molecule has 212 valence electrons. The zero-order valence-electron chi connectivity index (χ0n) is 23.8. The van der Waals surface area contributed by atoms with Gasteiger partial charge < -0.3 is 4.90 Å². The highest BCUT2D eigenvalue weighted by Crippen LogP contribution is 2.31. The summed E-state index contributed by atoms with van der Waals surface area (Å²) in [6, 6.07) is 6.37. The van der Waals surface area contributed by atoms with E-state index in [0.29, 0.717) is 41.3 Å². The lowest BCUT2D eigenvalue weighted by Gasteiger charge is -2.44. The monoisotopic (exact) mass is 568 g/mol. The zero-order valence-corrected chi connectivity index (χ0v) is 24.5. The molecule has 40 heavy (non-hydrogen) atoms. The van der Waals surface area contributed by atoms with Crippen LogP contribution in [0.5, 0.6) is 0 Å². The van der Waals surface area contributed by atoms with Gasteiger partial charge in [0.2, 0.25) is 5.82 Å². The van der Waals surface area contributed by atoms with Gasteiger partial charge in [0.05, 0.1) is 16.9 Å². The van der Waals surface area contributed by atoms with Crippen LogP contribution in [0.2, 0.25) is 5.02 Å². The number of aromatic amines is 1. The Kier molecular flexibility index (Phi) is 8.09. The first-order valence-electron chi connectivity index (χ1n) is 12.9. The molecule has 12 heteroatoms. The summed E-state index contributed by atoms with van der Waals surface area (Å²) >= 11 is 5.87. The molecular weight excluding hydrogens is 535 g/mol. The molecular formula is C28H34ClFN8O2. The highest BCUT2D eigenvalue weighted by molar-refractivity contribution is 6.31. The molecule has 4 aromatic rings. The number of benzene rings is 1. The summed E-state index contributed by atoms with van der Waals surface area (Å²) in [6.07, 6.45) is 2.27. The Morgan fingerprint density at radius 2 is 1.90 bits per heavy atom. The number of imidazole rings is 1. The Balaban J connectivity index is 0.000000194. The lowest BCUT2D eigenvalue weighted by Crippen LogP contribution is -2.59. The van der Waals surface area contributed by atoms with E-state index in [1.807, 2.05) is 11.0 Å². The Bertz CT molecular complexity index is 1560. The number of aromatic nitrogens is 6. The molecule has 1 aromatic carbocycles. The highest BCUT2D eigenvalue weighted by Gasteiger charge is 2.34. The number of likely N-dealkylation sites (N-methyl/N-ethyl adjacent to an activating group) is 1. The number of hydrogen-bond donors (Lipinski definition) is 1. The number of nitrogens with one attached hydrogen (secondary N) is 1. The van der Waals surface area contributed by atoms with Gasteiger partial charge in [-0.25, -0.2) is 18.9 Å². The Labute approximate surface area is 237 Å². The van der Waals surface area contributed by atoms with Crippen molar-refractivity contribution < 1.29 is 14.0 Å². The molecule has 1 aliphatic rings. The van der Waals surface area contributed by atoms with E-state index in [4.69, 9.17) is 11.6 Å². The number of H-pyrrole nitrogens is 1. The van der Waals surface area contributed by atoms with E-state index in [-0.39, 0.29) is 27.7 Å². The number of carbonyl (C=O) groups is 2. The summed E-state index contributed by atoms with van der Waals surface area (Å²) in [5, 5.41) is 11.1. The molecule has 1 aliphatic heterocycles. The molecule has 0 unspecified atom stereocenters. The largest absolute Gasteiger partial charge is 0.333 e. The molecule has 0 saturated carbocycles. The summed E-state index contributed by atoms with van der Waals surface area (Å²) in [6.45, 7) is 14.5. The molecule has 5 rings (SSSR count). The summed E-state index contributed by atoms with van der Waals surface area (Å²) < 4.78 is 15.0. The van der Waals surface area contributed by atoms with Crippen molar-refractivity contribution in [3.63, 3.8) is 0 Å². The Morgan fingerprint density at radius 3 is 2.48 bits per heavy atom. The van der Waals surface area contributed by atoms with Crippen molar-refractivity contribution in [1.29, 1.82) is 0 Å². The number of carbonyl (C=O) groups excluding carboxylic acids is 2. The number of piperazine rings is 1. The van der Waals surface area contributed by atoms with Crippen LogP contribution >= 0.6 is 11.6 Å². The first kappa shape index (κ1) is 29.3. The quantitative estimate of drug-likeness (QED) is 0.360. The van der Waals surface area contributed by atoms with Crippen LogP contribution in [0.3, 0.4) is 0 Å². The second kappa shape index (κ2) is 11.1. The minimum absolute atomic E-state index is 0.000732. The van der Waals surface area contributed by atoms with Crippen molar-refractivity contribution in [3.05, 3.63) is 64.2 Å².